The van der Waals surface area contributed by atoms with Gasteiger partial charge >= 0.3 is 12.1 Å². The molecule has 0 aliphatic carbocycles. The summed E-state index contributed by atoms with van der Waals surface area (Å²) >= 11 is 0. The van der Waals surface area contributed by atoms with E-state index in [4.69, 9.17) is 9.47 Å². The number of carbonyl (C=O) groups excluding carboxylic acids is 2. The van der Waals surface area contributed by atoms with Crippen LogP contribution in [0.4, 0.5) is 27.7 Å². The molecule has 43 heavy (non-hydrogen) atoms. The maximum Gasteiger partial charge on any atom is 0.415 e. The first kappa shape index (κ1) is 29.1. The second kappa shape index (κ2) is 14.0. The van der Waals surface area contributed by atoms with Gasteiger partial charge in [0.25, 0.3) is 0 Å². The summed E-state index contributed by atoms with van der Waals surface area (Å²) in [5, 5.41) is 12.2. The van der Waals surface area contributed by atoms with Crippen LogP contribution in [0.15, 0.2) is 103 Å². The zero-order valence-corrected chi connectivity index (χ0v) is 23.5. The molecule has 0 bridgehead atoms. The van der Waals surface area contributed by atoms with E-state index in [1.807, 2.05) is 71.6 Å². The van der Waals surface area contributed by atoms with Crippen molar-refractivity contribution in [2.24, 2.45) is 0 Å². The summed E-state index contributed by atoms with van der Waals surface area (Å²) < 4.78 is 11.5. The van der Waals surface area contributed by atoms with Crippen LogP contribution in [0.1, 0.15) is 24.8 Å². The average molecular weight is 581 g/mol. The smallest absolute Gasteiger partial charge is 0.415 e. The largest absolute Gasteiger partial charge is 0.486 e. The molecule has 3 aromatic carbocycles. The molecular weight excluding hydrogens is 548 g/mol. The number of carboxylic acids is 1. The van der Waals surface area contributed by atoms with Gasteiger partial charge in [-0.1, -0.05) is 54.6 Å². The monoisotopic (exact) mass is 580 g/mol. The van der Waals surface area contributed by atoms with Crippen molar-refractivity contribution in [3.8, 4) is 5.75 Å². The summed E-state index contributed by atoms with van der Waals surface area (Å²) in [6.07, 6.45) is 0.945. The predicted octanol–water partition coefficient (Wildman–Crippen LogP) is 6.02. The Hall–Kier alpha value is -5.38. The first-order valence-corrected chi connectivity index (χ1v) is 14.0. The first-order chi connectivity index (χ1) is 21.0. The molecule has 2 amide bonds. The van der Waals surface area contributed by atoms with Gasteiger partial charge in [0.15, 0.2) is 0 Å². The quantitative estimate of drug-likeness (QED) is 0.221. The van der Waals surface area contributed by atoms with E-state index in [2.05, 4.69) is 10.3 Å². The summed E-state index contributed by atoms with van der Waals surface area (Å²) in [4.78, 5) is 45.0. The highest BCUT2D eigenvalue weighted by molar-refractivity contribution is 5.92. The van der Waals surface area contributed by atoms with Crippen molar-refractivity contribution in [1.29, 1.82) is 0 Å². The van der Waals surface area contributed by atoms with Crippen LogP contribution in [0.3, 0.4) is 0 Å². The SMILES string of the molecule is O=C(O)CC1CN(c2ccccc2)c2cc(NC(=O)CCCN(C(=O)OCc3ccccc3)c3ccccn3)ccc2O1. The van der Waals surface area contributed by atoms with Crippen molar-refractivity contribution in [3.63, 3.8) is 0 Å². The molecule has 1 atom stereocenters. The van der Waals surface area contributed by atoms with E-state index in [0.717, 1.165) is 16.9 Å². The molecule has 1 aliphatic heterocycles. The number of nitrogens with one attached hydrogen (secondary N) is 1. The van der Waals surface area contributed by atoms with Crippen molar-refractivity contribution in [2.45, 2.75) is 32.0 Å². The summed E-state index contributed by atoms with van der Waals surface area (Å²) in [6, 6.07) is 29.6. The van der Waals surface area contributed by atoms with E-state index in [9.17, 15) is 19.5 Å². The van der Waals surface area contributed by atoms with Crippen molar-refractivity contribution in [1.82, 2.24) is 4.98 Å². The molecule has 0 radical (unpaired) electrons. The number of benzene rings is 3. The minimum Gasteiger partial charge on any atom is -0.486 e. The van der Waals surface area contributed by atoms with Gasteiger partial charge in [-0.2, -0.15) is 0 Å². The van der Waals surface area contributed by atoms with Crippen molar-refractivity contribution >= 4 is 40.8 Å². The van der Waals surface area contributed by atoms with Gasteiger partial charge in [-0.05, 0) is 54.4 Å². The number of pyridine rings is 1. The minimum atomic E-state index is -0.934. The van der Waals surface area contributed by atoms with Gasteiger partial charge in [0.2, 0.25) is 5.91 Å². The Morgan fingerprint density at radius 3 is 2.44 bits per heavy atom. The number of hydrogen-bond acceptors (Lipinski definition) is 7. The van der Waals surface area contributed by atoms with E-state index in [0.29, 0.717) is 30.2 Å². The molecule has 2 N–H and O–H groups in total. The summed E-state index contributed by atoms with van der Waals surface area (Å²) in [5.74, 6) is -0.168. The van der Waals surface area contributed by atoms with Crippen molar-refractivity contribution in [2.75, 3.05) is 28.2 Å². The second-order valence-corrected chi connectivity index (χ2v) is 10.00. The Balaban J connectivity index is 1.22. The van der Waals surface area contributed by atoms with Crippen LogP contribution in [-0.2, 0) is 20.9 Å². The number of para-hydroxylation sites is 1. The topological polar surface area (TPSA) is 121 Å². The maximum absolute atomic E-state index is 13.0. The molecule has 1 unspecified atom stereocenters. The van der Waals surface area contributed by atoms with Gasteiger partial charge in [-0.15, -0.1) is 0 Å². The highest BCUT2D eigenvalue weighted by Gasteiger charge is 2.29. The van der Waals surface area contributed by atoms with Crippen molar-refractivity contribution in [3.05, 3.63) is 109 Å². The molecule has 5 rings (SSSR count). The number of aromatic nitrogens is 1. The number of nitrogens with zero attached hydrogens (tertiary/aromatic N) is 3. The molecule has 0 saturated heterocycles. The molecule has 220 valence electrons. The second-order valence-electron chi connectivity index (χ2n) is 10.00. The standard InChI is InChI=1S/C33H32N4O6/c38-31(15-9-19-36(30-14-7-8-18-34-30)33(41)42-23-24-10-3-1-4-11-24)35-25-16-17-29-28(20-25)37(26-12-5-2-6-13-26)22-27(43-29)21-32(39)40/h1-8,10-14,16-18,20,27H,9,15,19,21-23H2,(H,35,38)(H,39,40). The third-order valence-corrected chi connectivity index (χ3v) is 6.82. The number of carboxylic acid groups (broad SMARTS) is 1. The molecule has 1 aromatic heterocycles. The highest BCUT2D eigenvalue weighted by atomic mass is 16.6. The number of anilines is 4. The average Bonchev–Trinajstić information content (AvgIpc) is 3.03. The van der Waals surface area contributed by atoms with Gasteiger partial charge in [0.05, 0.1) is 18.7 Å². The summed E-state index contributed by atoms with van der Waals surface area (Å²) in [6.45, 7) is 0.718. The van der Waals surface area contributed by atoms with Crippen molar-refractivity contribution < 1.29 is 29.0 Å². The number of hydrogen-bond donors (Lipinski definition) is 2. The molecule has 0 saturated carbocycles. The lowest BCUT2D eigenvalue weighted by molar-refractivity contribution is -0.138. The number of fused-ring (bicyclic) bond motifs is 1. The molecule has 0 spiro atoms. The van der Waals surface area contributed by atoms with E-state index in [-0.39, 0.29) is 31.9 Å². The van der Waals surface area contributed by atoms with Gasteiger partial charge in [-0.25, -0.2) is 9.78 Å². The molecule has 10 nitrogen and oxygen atoms in total. The zero-order valence-electron chi connectivity index (χ0n) is 23.5. The lowest BCUT2D eigenvalue weighted by Crippen LogP contribution is -2.38. The van der Waals surface area contributed by atoms with Crippen LogP contribution in [-0.4, -0.2) is 47.3 Å². The molecule has 1 aliphatic rings. The molecule has 2 heterocycles. The third kappa shape index (κ3) is 7.88. The van der Waals surface area contributed by atoms with Gasteiger partial charge in [0.1, 0.15) is 24.3 Å². The minimum absolute atomic E-state index is 0.128. The molecule has 10 heteroatoms. The number of amides is 2. The highest BCUT2D eigenvalue weighted by Crippen LogP contribution is 2.40. The summed E-state index contributed by atoms with van der Waals surface area (Å²) in [7, 11) is 0. The number of aliphatic carboxylic acids is 1. The molecular formula is C33H32N4O6. The van der Waals surface area contributed by atoms with E-state index in [1.54, 1.807) is 36.5 Å². The van der Waals surface area contributed by atoms with Gasteiger partial charge in [-0.3, -0.25) is 14.5 Å². The first-order valence-electron chi connectivity index (χ1n) is 14.0. The third-order valence-electron chi connectivity index (χ3n) is 6.82. The Labute approximate surface area is 249 Å². The number of rotatable bonds is 11. The van der Waals surface area contributed by atoms with Crippen LogP contribution >= 0.6 is 0 Å². The van der Waals surface area contributed by atoms with Crippen LogP contribution in [0.25, 0.3) is 0 Å². The van der Waals surface area contributed by atoms with E-state index < -0.39 is 18.2 Å². The van der Waals surface area contributed by atoms with Crippen LogP contribution in [0.5, 0.6) is 5.75 Å². The van der Waals surface area contributed by atoms with Gasteiger partial charge < -0.3 is 24.8 Å². The van der Waals surface area contributed by atoms with E-state index >= 15 is 0 Å². The Kier molecular flexibility index (Phi) is 9.48. The summed E-state index contributed by atoms with van der Waals surface area (Å²) in [5.41, 5.74) is 3.07. The Morgan fingerprint density at radius 2 is 1.72 bits per heavy atom. The lowest BCUT2D eigenvalue weighted by Gasteiger charge is -2.36. The number of ether oxygens (including phenoxy) is 2. The van der Waals surface area contributed by atoms with Crippen LogP contribution < -0.4 is 19.9 Å². The van der Waals surface area contributed by atoms with Crippen LogP contribution in [0, 0.1) is 0 Å². The zero-order chi connectivity index (χ0) is 30.0. The maximum atomic E-state index is 13.0. The fourth-order valence-electron chi connectivity index (χ4n) is 4.81. The fourth-order valence-corrected chi connectivity index (χ4v) is 4.81. The Bertz CT molecular complexity index is 1540. The van der Waals surface area contributed by atoms with E-state index in [1.165, 1.54) is 4.90 Å². The Morgan fingerprint density at radius 1 is 0.977 bits per heavy atom. The normalized spacial score (nSPS) is 13.8. The lowest BCUT2D eigenvalue weighted by atomic mass is 10.1. The van der Waals surface area contributed by atoms with Crippen LogP contribution in [0.2, 0.25) is 0 Å². The number of carbonyl (C=O) groups is 3. The predicted molar refractivity (Wildman–Crippen MR) is 163 cm³/mol. The molecule has 4 aromatic rings. The molecule has 0 fully saturated rings. The fraction of sp³-hybridized carbons (Fsp3) is 0.212. The van der Waals surface area contributed by atoms with Gasteiger partial charge in [0, 0.05) is 30.5 Å².